The minimum absolute atomic E-state index is 0.0623. The van der Waals surface area contributed by atoms with Crippen LogP contribution in [0.5, 0.6) is 0 Å². The lowest BCUT2D eigenvalue weighted by atomic mass is 10.0. The first-order valence-electron chi connectivity index (χ1n) is 6.52. The zero-order chi connectivity index (χ0) is 14.0. The molecule has 1 heterocycles. The Balaban J connectivity index is 2.13. The van der Waals surface area contributed by atoms with Gasteiger partial charge in [-0.05, 0) is 39.0 Å². The van der Waals surface area contributed by atoms with Crippen LogP contribution in [0.4, 0.5) is 16.2 Å². The molecule has 0 spiro atoms. The quantitative estimate of drug-likeness (QED) is 0.776. The van der Waals surface area contributed by atoms with Crippen LogP contribution in [0.25, 0.3) is 0 Å². The van der Waals surface area contributed by atoms with Crippen LogP contribution in [-0.2, 0) is 0 Å². The van der Waals surface area contributed by atoms with Crippen LogP contribution in [0.2, 0.25) is 0 Å². The topological polar surface area (TPSA) is 64.6 Å². The molecule has 1 aromatic rings. The SMILES string of the molecule is CC(Nc1cccc(N2CCNC2=O)c1)C(C)(C)O. The van der Waals surface area contributed by atoms with E-state index >= 15 is 0 Å². The number of rotatable bonds is 4. The lowest BCUT2D eigenvalue weighted by Gasteiger charge is -2.28. The average Bonchev–Trinajstić information content (AvgIpc) is 2.74. The predicted octanol–water partition coefficient (Wildman–Crippen LogP) is 1.79. The van der Waals surface area contributed by atoms with Crippen LogP contribution >= 0.6 is 0 Å². The fourth-order valence-electron chi connectivity index (χ4n) is 1.91. The summed E-state index contributed by atoms with van der Waals surface area (Å²) in [7, 11) is 0. The van der Waals surface area contributed by atoms with Gasteiger partial charge in [0.25, 0.3) is 0 Å². The van der Waals surface area contributed by atoms with Crippen LogP contribution in [-0.4, -0.2) is 35.9 Å². The van der Waals surface area contributed by atoms with Gasteiger partial charge in [-0.1, -0.05) is 6.07 Å². The summed E-state index contributed by atoms with van der Waals surface area (Å²) in [6, 6.07) is 7.51. The molecule has 0 radical (unpaired) electrons. The molecule has 1 fully saturated rings. The maximum absolute atomic E-state index is 11.6. The van der Waals surface area contributed by atoms with Crippen molar-refractivity contribution in [3.63, 3.8) is 0 Å². The van der Waals surface area contributed by atoms with Crippen molar-refractivity contribution in [3.8, 4) is 0 Å². The second kappa shape index (κ2) is 5.09. The number of nitrogens with zero attached hydrogens (tertiary/aromatic N) is 1. The molecule has 2 amide bonds. The van der Waals surface area contributed by atoms with Crippen molar-refractivity contribution in [1.29, 1.82) is 0 Å². The van der Waals surface area contributed by atoms with Gasteiger partial charge in [-0.2, -0.15) is 0 Å². The van der Waals surface area contributed by atoms with E-state index in [0.29, 0.717) is 13.1 Å². The molecule has 3 N–H and O–H groups in total. The molecule has 19 heavy (non-hydrogen) atoms. The molecule has 0 aliphatic carbocycles. The fraction of sp³-hybridized carbons (Fsp3) is 0.500. The Kier molecular flexibility index (Phi) is 3.66. The van der Waals surface area contributed by atoms with E-state index in [0.717, 1.165) is 11.4 Å². The summed E-state index contributed by atoms with van der Waals surface area (Å²) >= 11 is 0. The lowest BCUT2D eigenvalue weighted by molar-refractivity contribution is 0.0649. The van der Waals surface area contributed by atoms with Crippen LogP contribution < -0.4 is 15.5 Å². The second-order valence-electron chi connectivity index (χ2n) is 5.45. The maximum atomic E-state index is 11.6. The highest BCUT2D eigenvalue weighted by molar-refractivity contribution is 5.94. The van der Waals surface area contributed by atoms with Gasteiger partial charge in [0.05, 0.1) is 11.6 Å². The molecular formula is C14H21N3O2. The average molecular weight is 263 g/mol. The summed E-state index contributed by atoms with van der Waals surface area (Å²) in [5.74, 6) is 0. The molecule has 1 aliphatic rings. The van der Waals surface area contributed by atoms with Gasteiger partial charge in [0, 0.05) is 24.5 Å². The highest BCUT2D eigenvalue weighted by Gasteiger charge is 2.23. The van der Waals surface area contributed by atoms with E-state index in [4.69, 9.17) is 0 Å². The van der Waals surface area contributed by atoms with E-state index < -0.39 is 5.60 Å². The third-order valence-electron chi connectivity index (χ3n) is 3.46. The van der Waals surface area contributed by atoms with E-state index in [1.807, 2.05) is 31.2 Å². The van der Waals surface area contributed by atoms with E-state index in [9.17, 15) is 9.90 Å². The minimum atomic E-state index is -0.805. The standard InChI is InChI=1S/C14H21N3O2/c1-10(14(2,3)19)16-11-5-4-6-12(9-11)17-8-7-15-13(17)18/h4-6,9-10,16,19H,7-8H2,1-3H3,(H,15,18). The Hall–Kier alpha value is -1.75. The van der Waals surface area contributed by atoms with Crippen molar-refractivity contribution in [1.82, 2.24) is 5.32 Å². The Morgan fingerprint density at radius 1 is 1.47 bits per heavy atom. The molecule has 1 saturated heterocycles. The van der Waals surface area contributed by atoms with Crippen LogP contribution in [0.1, 0.15) is 20.8 Å². The Morgan fingerprint density at radius 2 is 2.21 bits per heavy atom. The zero-order valence-corrected chi connectivity index (χ0v) is 11.6. The number of anilines is 2. The molecule has 0 saturated carbocycles. The van der Waals surface area contributed by atoms with E-state index in [2.05, 4.69) is 10.6 Å². The molecule has 5 heteroatoms. The van der Waals surface area contributed by atoms with E-state index in [1.54, 1.807) is 18.7 Å². The van der Waals surface area contributed by atoms with Crippen LogP contribution in [0.3, 0.4) is 0 Å². The van der Waals surface area contributed by atoms with Gasteiger partial charge in [-0.25, -0.2) is 4.79 Å². The number of nitrogens with one attached hydrogen (secondary N) is 2. The number of aliphatic hydroxyl groups is 1. The molecule has 0 aromatic heterocycles. The van der Waals surface area contributed by atoms with Crippen LogP contribution in [0.15, 0.2) is 24.3 Å². The number of hydrogen-bond acceptors (Lipinski definition) is 3. The lowest BCUT2D eigenvalue weighted by Crippen LogP contribution is -2.39. The number of benzene rings is 1. The normalized spacial score (nSPS) is 17.3. The van der Waals surface area contributed by atoms with Gasteiger partial charge in [-0.15, -0.1) is 0 Å². The summed E-state index contributed by atoms with van der Waals surface area (Å²) in [4.78, 5) is 13.3. The number of carbonyl (C=O) groups excluding carboxylic acids is 1. The predicted molar refractivity (Wildman–Crippen MR) is 76.6 cm³/mol. The minimum Gasteiger partial charge on any atom is -0.388 e. The van der Waals surface area contributed by atoms with Crippen molar-refractivity contribution in [2.24, 2.45) is 0 Å². The first-order valence-corrected chi connectivity index (χ1v) is 6.52. The third kappa shape index (κ3) is 3.17. The molecule has 1 aliphatic heterocycles. The van der Waals surface area contributed by atoms with Gasteiger partial charge in [0.1, 0.15) is 0 Å². The molecule has 1 atom stereocenters. The molecule has 1 aromatic carbocycles. The Bertz CT molecular complexity index is 468. The first kappa shape index (κ1) is 13.7. The van der Waals surface area contributed by atoms with Gasteiger partial charge < -0.3 is 15.7 Å². The van der Waals surface area contributed by atoms with Gasteiger partial charge in [0.2, 0.25) is 0 Å². The number of urea groups is 1. The molecule has 2 rings (SSSR count). The van der Waals surface area contributed by atoms with Gasteiger partial charge >= 0.3 is 6.03 Å². The molecular weight excluding hydrogens is 242 g/mol. The summed E-state index contributed by atoms with van der Waals surface area (Å²) in [6.45, 7) is 6.82. The monoisotopic (exact) mass is 263 g/mol. The first-order chi connectivity index (χ1) is 8.88. The summed E-state index contributed by atoms with van der Waals surface area (Å²) < 4.78 is 0. The molecule has 0 bridgehead atoms. The smallest absolute Gasteiger partial charge is 0.321 e. The third-order valence-corrected chi connectivity index (χ3v) is 3.46. The molecule has 5 nitrogen and oxygen atoms in total. The van der Waals surface area contributed by atoms with Gasteiger partial charge in [-0.3, -0.25) is 4.90 Å². The number of carbonyl (C=O) groups is 1. The van der Waals surface area contributed by atoms with Gasteiger partial charge in [0.15, 0.2) is 0 Å². The van der Waals surface area contributed by atoms with Crippen LogP contribution in [0, 0.1) is 0 Å². The summed E-state index contributed by atoms with van der Waals surface area (Å²) in [5, 5.41) is 16.0. The largest absolute Gasteiger partial charge is 0.388 e. The Labute approximate surface area is 113 Å². The maximum Gasteiger partial charge on any atom is 0.321 e. The van der Waals surface area contributed by atoms with Crippen molar-refractivity contribution in [2.45, 2.75) is 32.4 Å². The summed E-state index contributed by atoms with van der Waals surface area (Å²) in [6.07, 6.45) is 0. The molecule has 1 unspecified atom stereocenters. The van der Waals surface area contributed by atoms with E-state index in [-0.39, 0.29) is 12.1 Å². The van der Waals surface area contributed by atoms with Crippen molar-refractivity contribution < 1.29 is 9.90 Å². The fourth-order valence-corrected chi connectivity index (χ4v) is 1.91. The van der Waals surface area contributed by atoms with Crippen molar-refractivity contribution >= 4 is 17.4 Å². The summed E-state index contributed by atoms with van der Waals surface area (Å²) in [5.41, 5.74) is 0.955. The zero-order valence-electron chi connectivity index (χ0n) is 11.6. The highest BCUT2D eigenvalue weighted by Crippen LogP contribution is 2.23. The van der Waals surface area contributed by atoms with Crippen molar-refractivity contribution in [2.75, 3.05) is 23.3 Å². The second-order valence-corrected chi connectivity index (χ2v) is 5.45. The molecule has 104 valence electrons. The number of hydrogen-bond donors (Lipinski definition) is 3. The number of amides is 2. The van der Waals surface area contributed by atoms with Crippen molar-refractivity contribution in [3.05, 3.63) is 24.3 Å². The highest BCUT2D eigenvalue weighted by atomic mass is 16.3. The van der Waals surface area contributed by atoms with E-state index in [1.165, 1.54) is 0 Å². The Morgan fingerprint density at radius 3 is 2.79 bits per heavy atom.